The Bertz CT molecular complexity index is 430. The van der Waals surface area contributed by atoms with Gasteiger partial charge in [-0.1, -0.05) is 0 Å². The number of aliphatic hydroxyl groups is 1. The minimum atomic E-state index is -2.83. The topological polar surface area (TPSA) is 57.5 Å². The minimum Gasteiger partial charge on any atom is -0.479 e. The molecule has 0 radical (unpaired) electrons. The zero-order chi connectivity index (χ0) is 12.6. The zero-order valence-corrected chi connectivity index (χ0v) is 7.27. The number of benzene rings is 1. The van der Waals surface area contributed by atoms with Crippen molar-refractivity contribution >= 4 is 5.97 Å². The molecule has 0 aliphatic carbocycles. The Morgan fingerprint density at radius 3 is 1.50 bits per heavy atom. The van der Waals surface area contributed by atoms with Crippen molar-refractivity contribution in [3.63, 3.8) is 0 Å². The van der Waals surface area contributed by atoms with Crippen molar-refractivity contribution in [3.05, 3.63) is 34.6 Å². The van der Waals surface area contributed by atoms with E-state index in [1.807, 2.05) is 0 Å². The Hall–Kier alpha value is -1.70. The maximum atomic E-state index is 12.9. The monoisotopic (exact) mass is 242 g/mol. The van der Waals surface area contributed by atoms with Crippen LogP contribution in [0.5, 0.6) is 0 Å². The first-order valence-electron chi connectivity index (χ1n) is 3.71. The van der Waals surface area contributed by atoms with E-state index in [1.165, 1.54) is 0 Å². The van der Waals surface area contributed by atoms with E-state index in [-0.39, 0.29) is 0 Å². The summed E-state index contributed by atoms with van der Waals surface area (Å²) < 4.78 is 63.4. The molecule has 0 spiro atoms. The number of hydrogen-bond donors (Lipinski definition) is 2. The van der Waals surface area contributed by atoms with Crippen molar-refractivity contribution < 1.29 is 37.0 Å². The quantitative estimate of drug-likeness (QED) is 0.469. The number of carboxylic acid groups (broad SMARTS) is 1. The highest BCUT2D eigenvalue weighted by atomic mass is 19.2. The van der Waals surface area contributed by atoms with Crippen LogP contribution in [0.1, 0.15) is 11.7 Å². The molecule has 0 unspecified atom stereocenters. The Morgan fingerprint density at radius 1 is 0.875 bits per heavy atom. The molecule has 0 fully saturated rings. The maximum Gasteiger partial charge on any atom is 0.337 e. The first-order chi connectivity index (χ1) is 7.29. The SMILES string of the molecule is O=C(O)[C@H](O)c1c(F)c(F)c(F)c(F)c1F. The fourth-order valence-corrected chi connectivity index (χ4v) is 0.985. The summed E-state index contributed by atoms with van der Waals surface area (Å²) in [5.74, 6) is -13.9. The van der Waals surface area contributed by atoms with Crippen LogP contribution in [-0.4, -0.2) is 16.2 Å². The average molecular weight is 242 g/mol. The standard InChI is InChI=1S/C8H3F5O3/c9-2-1(7(14)8(15)16)3(10)5(12)6(13)4(2)11/h7,14H,(H,15,16)/t7-/m1/s1. The molecule has 1 aromatic rings. The summed E-state index contributed by atoms with van der Waals surface area (Å²) >= 11 is 0. The van der Waals surface area contributed by atoms with Crippen LogP contribution in [0.3, 0.4) is 0 Å². The molecule has 0 heterocycles. The van der Waals surface area contributed by atoms with Gasteiger partial charge < -0.3 is 10.2 Å². The average Bonchev–Trinajstić information content (AvgIpc) is 2.23. The van der Waals surface area contributed by atoms with Gasteiger partial charge in [0, 0.05) is 0 Å². The van der Waals surface area contributed by atoms with Gasteiger partial charge in [-0.25, -0.2) is 26.7 Å². The van der Waals surface area contributed by atoms with E-state index < -0.39 is 46.7 Å². The molecule has 0 aromatic heterocycles. The molecule has 16 heavy (non-hydrogen) atoms. The van der Waals surface area contributed by atoms with Crippen molar-refractivity contribution in [3.8, 4) is 0 Å². The van der Waals surface area contributed by atoms with Gasteiger partial charge in [-0.05, 0) is 0 Å². The molecule has 1 atom stereocenters. The third kappa shape index (κ3) is 1.71. The molecular formula is C8H3F5O3. The van der Waals surface area contributed by atoms with Crippen molar-refractivity contribution in [2.45, 2.75) is 6.10 Å². The molecule has 0 saturated heterocycles. The second kappa shape index (κ2) is 4.05. The molecule has 1 aromatic carbocycles. The van der Waals surface area contributed by atoms with Crippen LogP contribution < -0.4 is 0 Å². The van der Waals surface area contributed by atoms with Crippen molar-refractivity contribution in [1.29, 1.82) is 0 Å². The van der Waals surface area contributed by atoms with Crippen LogP contribution in [0.15, 0.2) is 0 Å². The van der Waals surface area contributed by atoms with Gasteiger partial charge in [0.05, 0.1) is 5.56 Å². The first kappa shape index (κ1) is 12.4. The first-order valence-corrected chi connectivity index (χ1v) is 3.71. The highest BCUT2D eigenvalue weighted by Gasteiger charge is 2.32. The predicted octanol–water partition coefficient (Wildman–Crippen LogP) is 1.50. The van der Waals surface area contributed by atoms with Gasteiger partial charge in [0.15, 0.2) is 29.4 Å². The second-order valence-corrected chi connectivity index (χ2v) is 2.72. The molecule has 88 valence electrons. The summed E-state index contributed by atoms with van der Waals surface area (Å²) in [6.45, 7) is 0. The molecule has 0 aliphatic heterocycles. The molecule has 2 N–H and O–H groups in total. The third-order valence-corrected chi connectivity index (χ3v) is 1.75. The van der Waals surface area contributed by atoms with E-state index >= 15 is 0 Å². The summed E-state index contributed by atoms with van der Waals surface area (Å²) in [6, 6.07) is 0. The lowest BCUT2D eigenvalue weighted by molar-refractivity contribution is -0.147. The number of aliphatic hydroxyl groups excluding tert-OH is 1. The molecule has 0 aliphatic rings. The van der Waals surface area contributed by atoms with Crippen LogP contribution >= 0.6 is 0 Å². The van der Waals surface area contributed by atoms with Gasteiger partial charge >= 0.3 is 5.97 Å². The van der Waals surface area contributed by atoms with Crippen LogP contribution in [0.4, 0.5) is 22.0 Å². The lowest BCUT2D eigenvalue weighted by Gasteiger charge is -2.10. The third-order valence-electron chi connectivity index (χ3n) is 1.75. The fourth-order valence-electron chi connectivity index (χ4n) is 0.985. The number of aliphatic carboxylic acids is 1. The van der Waals surface area contributed by atoms with Crippen LogP contribution in [-0.2, 0) is 4.79 Å². The Labute approximate surface area is 84.7 Å². The zero-order valence-electron chi connectivity index (χ0n) is 7.27. The molecule has 3 nitrogen and oxygen atoms in total. The summed E-state index contributed by atoms with van der Waals surface area (Å²) in [7, 11) is 0. The highest BCUT2D eigenvalue weighted by molar-refractivity contribution is 5.74. The lowest BCUT2D eigenvalue weighted by atomic mass is 10.1. The molecular weight excluding hydrogens is 239 g/mol. The normalized spacial score (nSPS) is 12.6. The van der Waals surface area contributed by atoms with E-state index in [0.29, 0.717) is 0 Å². The number of carboxylic acids is 1. The second-order valence-electron chi connectivity index (χ2n) is 2.72. The predicted molar refractivity (Wildman–Crippen MR) is 38.8 cm³/mol. The van der Waals surface area contributed by atoms with Crippen molar-refractivity contribution in [2.75, 3.05) is 0 Å². The largest absolute Gasteiger partial charge is 0.479 e. The van der Waals surface area contributed by atoms with Crippen molar-refractivity contribution in [1.82, 2.24) is 0 Å². The summed E-state index contributed by atoms with van der Waals surface area (Å²) in [4.78, 5) is 10.2. The molecule has 0 saturated carbocycles. The van der Waals surface area contributed by atoms with Gasteiger partial charge in [-0.15, -0.1) is 0 Å². The van der Waals surface area contributed by atoms with E-state index in [4.69, 9.17) is 10.2 Å². The van der Waals surface area contributed by atoms with Crippen LogP contribution in [0.25, 0.3) is 0 Å². The number of hydrogen-bond acceptors (Lipinski definition) is 2. The summed E-state index contributed by atoms with van der Waals surface area (Å²) in [5, 5.41) is 17.0. The Morgan fingerprint density at radius 2 is 1.19 bits per heavy atom. The van der Waals surface area contributed by atoms with Crippen LogP contribution in [0, 0.1) is 29.1 Å². The van der Waals surface area contributed by atoms with Gasteiger partial charge in [0.1, 0.15) is 0 Å². The number of rotatable bonds is 2. The molecule has 1 rings (SSSR count). The van der Waals surface area contributed by atoms with Gasteiger partial charge in [0.25, 0.3) is 0 Å². The minimum absolute atomic E-state index is 1.79. The fraction of sp³-hybridized carbons (Fsp3) is 0.125. The number of carbonyl (C=O) groups is 1. The van der Waals surface area contributed by atoms with E-state index in [0.717, 1.165) is 0 Å². The molecule has 0 bridgehead atoms. The van der Waals surface area contributed by atoms with Gasteiger partial charge in [0.2, 0.25) is 5.82 Å². The summed E-state index contributed by atoms with van der Waals surface area (Å²) in [5.41, 5.74) is -1.79. The van der Waals surface area contributed by atoms with Crippen molar-refractivity contribution in [2.24, 2.45) is 0 Å². The summed E-state index contributed by atoms with van der Waals surface area (Å²) in [6.07, 6.45) is -2.83. The van der Waals surface area contributed by atoms with Gasteiger partial charge in [-0.3, -0.25) is 0 Å². The Kier molecular flexibility index (Phi) is 3.13. The Balaban J connectivity index is 3.57. The van der Waals surface area contributed by atoms with E-state index in [9.17, 15) is 26.7 Å². The molecule has 8 heteroatoms. The smallest absolute Gasteiger partial charge is 0.337 e. The molecule has 0 amide bonds. The van der Waals surface area contributed by atoms with E-state index in [2.05, 4.69) is 0 Å². The van der Waals surface area contributed by atoms with Gasteiger partial charge in [-0.2, -0.15) is 0 Å². The number of halogens is 5. The highest BCUT2D eigenvalue weighted by Crippen LogP contribution is 2.27. The maximum absolute atomic E-state index is 12.9. The van der Waals surface area contributed by atoms with Crippen LogP contribution in [0.2, 0.25) is 0 Å². The van der Waals surface area contributed by atoms with E-state index in [1.54, 1.807) is 0 Å². The lowest BCUT2D eigenvalue weighted by Crippen LogP contribution is -2.17.